The van der Waals surface area contributed by atoms with Gasteiger partial charge < -0.3 is 31.2 Å². The summed E-state index contributed by atoms with van der Waals surface area (Å²) in [6.07, 6.45) is -0.950. The predicted octanol–water partition coefficient (Wildman–Crippen LogP) is -1.65. The minimum Gasteiger partial charge on any atom is -0.449 e. The Kier molecular flexibility index (Phi) is 2.89. The SMILES string of the molecule is COC12C(COC(N)=O)C3=C(C(=O)C(C)=C(N)C3=O)N1C[C@H]1NC12. The van der Waals surface area contributed by atoms with Gasteiger partial charge in [0.1, 0.15) is 6.61 Å². The van der Waals surface area contributed by atoms with E-state index >= 15 is 0 Å². The normalized spacial score (nSPS) is 36.8. The van der Waals surface area contributed by atoms with Crippen LogP contribution < -0.4 is 16.8 Å². The van der Waals surface area contributed by atoms with Crippen molar-refractivity contribution in [3.05, 3.63) is 22.5 Å². The highest BCUT2D eigenvalue weighted by molar-refractivity contribution is 6.25. The van der Waals surface area contributed by atoms with Gasteiger partial charge in [0, 0.05) is 30.8 Å². The maximum absolute atomic E-state index is 12.8. The minimum atomic E-state index is -0.957. The van der Waals surface area contributed by atoms with Gasteiger partial charge in [-0.15, -0.1) is 0 Å². The summed E-state index contributed by atoms with van der Waals surface area (Å²) in [6, 6.07) is 0.109. The molecule has 2 saturated heterocycles. The number of Topliss-reactive ketones (excluding diaryl/α,β-unsaturated/α-hetero) is 2. The molecular weight excluding hydrogens is 316 g/mol. The van der Waals surface area contributed by atoms with Crippen molar-refractivity contribution in [2.45, 2.75) is 24.7 Å². The molecule has 0 bridgehead atoms. The highest BCUT2D eigenvalue weighted by atomic mass is 16.6. The molecule has 1 aliphatic carbocycles. The van der Waals surface area contributed by atoms with E-state index in [1.807, 2.05) is 4.90 Å². The number of carbonyl (C=O) groups is 3. The molecule has 0 aromatic carbocycles. The third-order valence-corrected chi connectivity index (χ3v) is 5.47. The average Bonchev–Trinajstić information content (AvgIpc) is 3.16. The van der Waals surface area contributed by atoms with Crippen LogP contribution in [0.1, 0.15) is 6.92 Å². The second kappa shape index (κ2) is 4.58. The van der Waals surface area contributed by atoms with E-state index in [-0.39, 0.29) is 41.3 Å². The lowest BCUT2D eigenvalue weighted by Crippen LogP contribution is -2.55. The highest BCUT2D eigenvalue weighted by Crippen LogP contribution is 2.55. The van der Waals surface area contributed by atoms with Gasteiger partial charge in [-0.25, -0.2) is 4.79 Å². The zero-order chi connectivity index (χ0) is 17.4. The number of nitrogens with zero attached hydrogens (tertiary/aromatic N) is 1. The van der Waals surface area contributed by atoms with Crippen molar-refractivity contribution in [2.75, 3.05) is 20.3 Å². The fourth-order valence-electron chi connectivity index (χ4n) is 4.31. The third kappa shape index (κ3) is 1.58. The van der Waals surface area contributed by atoms with Crippen molar-refractivity contribution in [3.63, 3.8) is 0 Å². The summed E-state index contributed by atoms with van der Waals surface area (Å²) in [5.74, 6) is -1.34. The first kappa shape index (κ1) is 15.2. The zero-order valence-electron chi connectivity index (χ0n) is 13.3. The van der Waals surface area contributed by atoms with E-state index in [9.17, 15) is 14.4 Å². The van der Waals surface area contributed by atoms with Crippen LogP contribution in [-0.2, 0) is 19.1 Å². The van der Waals surface area contributed by atoms with E-state index in [4.69, 9.17) is 20.9 Å². The lowest BCUT2D eigenvalue weighted by molar-refractivity contribution is -0.137. The van der Waals surface area contributed by atoms with Crippen LogP contribution in [0.4, 0.5) is 4.79 Å². The second-order valence-corrected chi connectivity index (χ2v) is 6.46. The summed E-state index contributed by atoms with van der Waals surface area (Å²) >= 11 is 0. The van der Waals surface area contributed by atoms with Crippen molar-refractivity contribution < 1.29 is 23.9 Å². The van der Waals surface area contributed by atoms with Crippen LogP contribution in [0.25, 0.3) is 0 Å². The Balaban J connectivity index is 1.85. The summed E-state index contributed by atoms with van der Waals surface area (Å²) < 4.78 is 10.8. The number of rotatable bonds is 3. The molecule has 128 valence electrons. The largest absolute Gasteiger partial charge is 0.449 e. The molecule has 0 saturated carbocycles. The number of amides is 1. The maximum Gasteiger partial charge on any atom is 0.404 e. The number of nitrogens with two attached hydrogens (primary N) is 2. The molecule has 2 fully saturated rings. The van der Waals surface area contributed by atoms with Crippen molar-refractivity contribution in [3.8, 4) is 0 Å². The summed E-state index contributed by atoms with van der Waals surface area (Å²) in [5, 5.41) is 3.28. The van der Waals surface area contributed by atoms with Gasteiger partial charge in [-0.05, 0) is 6.92 Å². The monoisotopic (exact) mass is 334 g/mol. The number of methoxy groups -OCH3 is 1. The summed E-state index contributed by atoms with van der Waals surface area (Å²) in [4.78, 5) is 38.4. The number of hydrogen-bond donors (Lipinski definition) is 3. The number of allylic oxidation sites excluding steroid dienone is 2. The summed E-state index contributed by atoms with van der Waals surface area (Å²) in [6.45, 7) is 1.92. The van der Waals surface area contributed by atoms with Gasteiger partial charge in [0.2, 0.25) is 11.6 Å². The van der Waals surface area contributed by atoms with E-state index in [0.29, 0.717) is 12.2 Å². The van der Waals surface area contributed by atoms with Crippen LogP contribution in [0.15, 0.2) is 22.5 Å². The lowest BCUT2D eigenvalue weighted by atomic mass is 9.82. The molecule has 0 radical (unpaired) electrons. The number of carbonyl (C=O) groups excluding carboxylic acids is 3. The van der Waals surface area contributed by atoms with Gasteiger partial charge in [-0.1, -0.05) is 0 Å². The van der Waals surface area contributed by atoms with Crippen LogP contribution in [0.2, 0.25) is 0 Å². The molecule has 4 rings (SSSR count). The first-order valence-corrected chi connectivity index (χ1v) is 7.65. The molecular formula is C15H18N4O5. The van der Waals surface area contributed by atoms with Crippen LogP contribution in [0.3, 0.4) is 0 Å². The van der Waals surface area contributed by atoms with E-state index in [2.05, 4.69) is 5.32 Å². The Morgan fingerprint density at radius 2 is 2.12 bits per heavy atom. The Bertz CT molecular complexity index is 757. The van der Waals surface area contributed by atoms with E-state index in [1.54, 1.807) is 0 Å². The van der Waals surface area contributed by atoms with Crippen LogP contribution in [0.5, 0.6) is 0 Å². The highest BCUT2D eigenvalue weighted by Gasteiger charge is 2.72. The molecule has 0 aromatic rings. The van der Waals surface area contributed by atoms with Crippen molar-refractivity contribution in [1.82, 2.24) is 10.2 Å². The molecule has 24 heavy (non-hydrogen) atoms. The first-order valence-electron chi connectivity index (χ1n) is 7.65. The number of hydrogen-bond acceptors (Lipinski definition) is 8. The summed E-state index contributed by atoms with van der Waals surface area (Å²) in [5.41, 5.74) is 10.7. The topological polar surface area (TPSA) is 147 Å². The van der Waals surface area contributed by atoms with Gasteiger partial charge in [-0.3, -0.25) is 9.59 Å². The number of fused-ring (bicyclic) bond motifs is 4. The molecule has 3 heterocycles. The Morgan fingerprint density at radius 3 is 2.75 bits per heavy atom. The molecule has 0 aromatic heterocycles. The number of piperazine rings is 1. The van der Waals surface area contributed by atoms with Crippen molar-refractivity contribution in [1.29, 1.82) is 0 Å². The molecule has 4 aliphatic rings. The first-order chi connectivity index (χ1) is 11.3. The number of nitrogens with one attached hydrogen (secondary N) is 1. The fourth-order valence-corrected chi connectivity index (χ4v) is 4.31. The smallest absolute Gasteiger partial charge is 0.404 e. The van der Waals surface area contributed by atoms with Gasteiger partial charge in [0.05, 0.1) is 23.4 Å². The van der Waals surface area contributed by atoms with E-state index in [0.717, 1.165) is 0 Å². The maximum atomic E-state index is 12.8. The number of ketones is 2. The Labute approximate surface area is 137 Å². The molecule has 9 nitrogen and oxygen atoms in total. The van der Waals surface area contributed by atoms with E-state index in [1.165, 1.54) is 14.0 Å². The average molecular weight is 334 g/mol. The third-order valence-electron chi connectivity index (χ3n) is 5.47. The van der Waals surface area contributed by atoms with Gasteiger partial charge in [-0.2, -0.15) is 0 Å². The second-order valence-electron chi connectivity index (χ2n) is 6.46. The quantitative estimate of drug-likeness (QED) is 0.411. The van der Waals surface area contributed by atoms with Crippen molar-refractivity contribution in [2.24, 2.45) is 17.4 Å². The molecule has 3 aliphatic heterocycles. The molecule has 3 unspecified atom stereocenters. The van der Waals surface area contributed by atoms with Gasteiger partial charge in [0.25, 0.3) is 0 Å². The number of primary amides is 1. The number of ether oxygens (including phenoxy) is 2. The Morgan fingerprint density at radius 1 is 1.42 bits per heavy atom. The fraction of sp³-hybridized carbons (Fsp3) is 0.533. The van der Waals surface area contributed by atoms with Crippen LogP contribution in [0, 0.1) is 5.92 Å². The van der Waals surface area contributed by atoms with E-state index < -0.39 is 23.5 Å². The van der Waals surface area contributed by atoms with Crippen molar-refractivity contribution >= 4 is 17.7 Å². The lowest BCUT2D eigenvalue weighted by Gasteiger charge is -2.39. The molecule has 9 heteroatoms. The summed E-state index contributed by atoms with van der Waals surface area (Å²) in [7, 11) is 1.52. The minimum absolute atomic E-state index is 0.0586. The molecule has 0 spiro atoms. The molecule has 5 N–H and O–H groups in total. The van der Waals surface area contributed by atoms with Crippen LogP contribution >= 0.6 is 0 Å². The predicted molar refractivity (Wildman–Crippen MR) is 80.1 cm³/mol. The molecule has 4 atom stereocenters. The van der Waals surface area contributed by atoms with Gasteiger partial charge >= 0.3 is 6.09 Å². The Hall–Kier alpha value is -2.39. The van der Waals surface area contributed by atoms with Gasteiger partial charge in [0.15, 0.2) is 5.72 Å². The zero-order valence-corrected chi connectivity index (χ0v) is 13.3. The van der Waals surface area contributed by atoms with Crippen LogP contribution in [-0.4, -0.2) is 60.6 Å². The standard InChI is InChI=1S/C15H18N4O5/c1-5-9(16)12(21)8-6(4-24-14(17)22)15(23-2)13-7(18-13)3-19(15)10(8)11(5)20/h6-7,13,18H,3-4,16H2,1-2H3,(H2,17,22)/t6?,7-,13?,15?/m1/s1. The molecule has 1 amide bonds.